The van der Waals surface area contributed by atoms with E-state index in [9.17, 15) is 9.59 Å². The van der Waals surface area contributed by atoms with Gasteiger partial charge in [-0.05, 0) is 63.2 Å². The number of aliphatic hydroxyl groups is 1. The molecule has 0 aromatic heterocycles. The largest absolute Gasteiger partial charge is 0.469 e. The Kier molecular flexibility index (Phi) is 9.99. The van der Waals surface area contributed by atoms with Gasteiger partial charge in [-0.1, -0.05) is 13.3 Å². The first kappa shape index (κ1) is 20.9. The normalized spacial score (nSPS) is 29.8. The number of carbonyl (C=O) groups excluding carboxylic acids is 2. The van der Waals surface area contributed by atoms with Crippen LogP contribution < -0.4 is 0 Å². The summed E-state index contributed by atoms with van der Waals surface area (Å²) in [6.07, 6.45) is 9.39. The fourth-order valence-electron chi connectivity index (χ4n) is 3.72. The lowest BCUT2D eigenvalue weighted by Crippen LogP contribution is -2.24. The Labute approximate surface area is 146 Å². The number of hydrogen-bond acceptors (Lipinski definition) is 5. The molecule has 0 unspecified atom stereocenters. The number of rotatable bonds is 4. The summed E-state index contributed by atoms with van der Waals surface area (Å²) in [6, 6.07) is 0. The zero-order chi connectivity index (χ0) is 17.9. The second-order valence-corrected chi connectivity index (χ2v) is 7.07. The second-order valence-electron chi connectivity index (χ2n) is 7.07. The lowest BCUT2D eigenvalue weighted by molar-refractivity contribution is -0.147. The second kappa shape index (κ2) is 11.5. The van der Waals surface area contributed by atoms with Crippen LogP contribution in [-0.4, -0.2) is 37.9 Å². The Balaban J connectivity index is 0.000000240. The molecule has 0 aromatic carbocycles. The molecule has 0 amide bonds. The van der Waals surface area contributed by atoms with Crippen molar-refractivity contribution in [3.05, 3.63) is 0 Å². The van der Waals surface area contributed by atoms with Gasteiger partial charge in [-0.25, -0.2) is 0 Å². The predicted molar refractivity (Wildman–Crippen MR) is 92.3 cm³/mol. The number of aliphatic hydroxyl groups excluding tert-OH is 1. The Hall–Kier alpha value is -1.10. The van der Waals surface area contributed by atoms with Crippen molar-refractivity contribution in [3.8, 4) is 0 Å². The summed E-state index contributed by atoms with van der Waals surface area (Å²) in [5, 5.41) is 8.86. The molecule has 0 aromatic rings. The highest BCUT2D eigenvalue weighted by Gasteiger charge is 2.26. The van der Waals surface area contributed by atoms with Crippen LogP contribution in [0.4, 0.5) is 0 Å². The molecule has 1 N–H and O–H groups in total. The van der Waals surface area contributed by atoms with E-state index < -0.39 is 0 Å². The lowest BCUT2D eigenvalue weighted by atomic mass is 9.81. The van der Waals surface area contributed by atoms with E-state index in [0.29, 0.717) is 5.92 Å². The van der Waals surface area contributed by atoms with E-state index in [1.165, 1.54) is 33.5 Å². The SMILES string of the molecule is CCC1CCC(C(=O)OC)CC1.COC(=O)C1CCC(CO)CC1. The van der Waals surface area contributed by atoms with Gasteiger partial charge in [0, 0.05) is 6.61 Å². The van der Waals surface area contributed by atoms with Crippen molar-refractivity contribution in [2.45, 2.75) is 64.7 Å². The lowest BCUT2D eigenvalue weighted by Gasteiger charge is -2.25. The summed E-state index contributed by atoms with van der Waals surface area (Å²) >= 11 is 0. The summed E-state index contributed by atoms with van der Waals surface area (Å²) < 4.78 is 9.38. The van der Waals surface area contributed by atoms with E-state index >= 15 is 0 Å². The van der Waals surface area contributed by atoms with Crippen LogP contribution in [0.15, 0.2) is 0 Å². The average molecular weight is 342 g/mol. The fraction of sp³-hybridized carbons (Fsp3) is 0.895. The smallest absolute Gasteiger partial charge is 0.308 e. The maximum Gasteiger partial charge on any atom is 0.308 e. The van der Waals surface area contributed by atoms with Crippen molar-refractivity contribution in [1.82, 2.24) is 0 Å². The summed E-state index contributed by atoms with van der Waals surface area (Å²) in [5.74, 6) is 1.43. The van der Waals surface area contributed by atoms with Gasteiger partial charge in [-0.15, -0.1) is 0 Å². The fourth-order valence-corrected chi connectivity index (χ4v) is 3.72. The molecular weight excluding hydrogens is 308 g/mol. The number of carbonyl (C=O) groups is 2. The van der Waals surface area contributed by atoms with Crippen molar-refractivity contribution >= 4 is 11.9 Å². The minimum Gasteiger partial charge on any atom is -0.469 e. The monoisotopic (exact) mass is 342 g/mol. The van der Waals surface area contributed by atoms with Gasteiger partial charge in [-0.2, -0.15) is 0 Å². The number of methoxy groups -OCH3 is 2. The molecule has 5 heteroatoms. The molecule has 0 bridgehead atoms. The highest BCUT2D eigenvalue weighted by atomic mass is 16.5. The van der Waals surface area contributed by atoms with Crippen LogP contribution in [0.1, 0.15) is 64.7 Å². The first-order chi connectivity index (χ1) is 11.5. The van der Waals surface area contributed by atoms with Crippen molar-refractivity contribution in [2.75, 3.05) is 20.8 Å². The van der Waals surface area contributed by atoms with Crippen LogP contribution in [0.25, 0.3) is 0 Å². The van der Waals surface area contributed by atoms with Gasteiger partial charge in [0.05, 0.1) is 26.1 Å². The van der Waals surface area contributed by atoms with E-state index in [1.807, 2.05) is 0 Å². The molecule has 0 saturated heterocycles. The Morgan fingerprint density at radius 1 is 0.792 bits per heavy atom. The van der Waals surface area contributed by atoms with Gasteiger partial charge >= 0.3 is 11.9 Å². The van der Waals surface area contributed by atoms with E-state index in [4.69, 9.17) is 9.84 Å². The first-order valence-electron chi connectivity index (χ1n) is 9.32. The minimum atomic E-state index is -0.0913. The zero-order valence-electron chi connectivity index (χ0n) is 15.5. The van der Waals surface area contributed by atoms with Gasteiger partial charge < -0.3 is 14.6 Å². The zero-order valence-corrected chi connectivity index (χ0v) is 15.5. The van der Waals surface area contributed by atoms with Gasteiger partial charge in [0.1, 0.15) is 0 Å². The summed E-state index contributed by atoms with van der Waals surface area (Å²) in [4.78, 5) is 22.2. The highest BCUT2D eigenvalue weighted by molar-refractivity contribution is 5.72. The maximum absolute atomic E-state index is 11.1. The van der Waals surface area contributed by atoms with Gasteiger partial charge in [0.25, 0.3) is 0 Å². The van der Waals surface area contributed by atoms with Gasteiger partial charge in [0.15, 0.2) is 0 Å². The van der Waals surface area contributed by atoms with Crippen LogP contribution in [0, 0.1) is 23.7 Å². The quantitative estimate of drug-likeness (QED) is 0.793. The van der Waals surface area contributed by atoms with Crippen molar-refractivity contribution in [3.63, 3.8) is 0 Å². The number of ether oxygens (including phenoxy) is 2. The van der Waals surface area contributed by atoms with Crippen LogP contribution in [-0.2, 0) is 19.1 Å². The van der Waals surface area contributed by atoms with Crippen molar-refractivity contribution in [1.29, 1.82) is 0 Å². The molecule has 0 aliphatic heterocycles. The van der Waals surface area contributed by atoms with Gasteiger partial charge in [0.2, 0.25) is 0 Å². The maximum atomic E-state index is 11.1. The molecule has 2 aliphatic rings. The topological polar surface area (TPSA) is 72.8 Å². The summed E-state index contributed by atoms with van der Waals surface area (Å²) in [6.45, 7) is 2.48. The third-order valence-electron chi connectivity index (χ3n) is 5.60. The molecule has 2 aliphatic carbocycles. The molecule has 2 rings (SSSR count). The van der Waals surface area contributed by atoms with Crippen molar-refractivity contribution < 1.29 is 24.2 Å². The molecule has 2 fully saturated rings. The van der Waals surface area contributed by atoms with Gasteiger partial charge in [-0.3, -0.25) is 9.59 Å². The average Bonchev–Trinajstić information content (AvgIpc) is 2.67. The third kappa shape index (κ3) is 6.80. The van der Waals surface area contributed by atoms with Crippen LogP contribution in [0.2, 0.25) is 0 Å². The van der Waals surface area contributed by atoms with Crippen LogP contribution in [0.3, 0.4) is 0 Å². The molecule has 2 saturated carbocycles. The molecule has 0 atom stereocenters. The Morgan fingerprint density at radius 3 is 1.46 bits per heavy atom. The molecule has 140 valence electrons. The Bertz CT molecular complexity index is 330. The molecule has 0 radical (unpaired) electrons. The van der Waals surface area contributed by atoms with E-state index in [1.54, 1.807) is 0 Å². The highest BCUT2D eigenvalue weighted by Crippen LogP contribution is 2.31. The molecule has 5 nitrogen and oxygen atoms in total. The third-order valence-corrected chi connectivity index (χ3v) is 5.60. The molecular formula is C19H34O5. The first-order valence-corrected chi connectivity index (χ1v) is 9.32. The summed E-state index contributed by atoms with van der Waals surface area (Å²) in [7, 11) is 2.91. The van der Waals surface area contributed by atoms with Crippen molar-refractivity contribution in [2.24, 2.45) is 23.7 Å². The van der Waals surface area contributed by atoms with E-state index in [2.05, 4.69) is 11.7 Å². The van der Waals surface area contributed by atoms with E-state index in [-0.39, 0.29) is 30.4 Å². The van der Waals surface area contributed by atoms with Crippen LogP contribution >= 0.6 is 0 Å². The molecule has 24 heavy (non-hydrogen) atoms. The number of hydrogen-bond donors (Lipinski definition) is 1. The summed E-state index contributed by atoms with van der Waals surface area (Å²) in [5.41, 5.74) is 0. The number of esters is 2. The molecule has 0 heterocycles. The Morgan fingerprint density at radius 2 is 1.17 bits per heavy atom. The van der Waals surface area contributed by atoms with Crippen LogP contribution in [0.5, 0.6) is 0 Å². The predicted octanol–water partition coefficient (Wildman–Crippen LogP) is 3.33. The van der Waals surface area contributed by atoms with E-state index in [0.717, 1.165) is 44.4 Å². The molecule has 0 spiro atoms. The minimum absolute atomic E-state index is 0.00967. The standard InChI is InChI=1S/C10H18O2.C9H16O3/c1-3-8-4-6-9(7-5-8)10(11)12-2;1-12-9(11)8-4-2-7(6-10)3-5-8/h8-9H,3-7H2,1-2H3;7-8,10H,2-6H2,1H3.